The molecular weight excluding hydrogens is 434 g/mol. The molecule has 0 saturated heterocycles. The number of rotatable bonds is 6. The summed E-state index contributed by atoms with van der Waals surface area (Å²) in [5, 5.41) is 13.3. The number of aryl methyl sites for hydroxylation is 1. The highest BCUT2D eigenvalue weighted by Gasteiger charge is 2.20. The molecule has 3 aromatic carbocycles. The first kappa shape index (κ1) is 21.3. The molecule has 0 bridgehead atoms. The number of benzene rings is 3. The lowest BCUT2D eigenvalue weighted by Crippen LogP contribution is -2.15. The molecular formula is C26H21N3O5. The fourth-order valence-corrected chi connectivity index (χ4v) is 4.04. The summed E-state index contributed by atoms with van der Waals surface area (Å²) in [6.45, 7) is 2.13. The quantitative estimate of drug-likeness (QED) is 0.349. The van der Waals surface area contributed by atoms with E-state index in [9.17, 15) is 14.7 Å². The van der Waals surface area contributed by atoms with E-state index in [2.05, 4.69) is 5.32 Å². The minimum absolute atomic E-state index is 0.310. The van der Waals surface area contributed by atoms with Gasteiger partial charge in [-0.05, 0) is 48.4 Å². The molecule has 170 valence electrons. The zero-order valence-corrected chi connectivity index (χ0v) is 18.5. The predicted octanol–water partition coefficient (Wildman–Crippen LogP) is 4.95. The summed E-state index contributed by atoms with van der Waals surface area (Å²) in [4.78, 5) is 28.7. The van der Waals surface area contributed by atoms with Crippen molar-refractivity contribution in [3.8, 4) is 5.75 Å². The van der Waals surface area contributed by atoms with Crippen LogP contribution in [-0.4, -0.2) is 27.7 Å². The number of nitrogens with zero attached hydrogens (tertiary/aromatic N) is 2. The molecule has 2 heterocycles. The molecule has 5 rings (SSSR count). The Balaban J connectivity index is 1.70. The van der Waals surface area contributed by atoms with E-state index in [0.29, 0.717) is 34.5 Å². The highest BCUT2D eigenvalue weighted by molar-refractivity contribution is 5.99. The van der Waals surface area contributed by atoms with Crippen LogP contribution in [-0.2, 0) is 6.54 Å². The number of ether oxygens (including phenoxy) is 1. The average molecular weight is 455 g/mol. The lowest BCUT2D eigenvalue weighted by atomic mass is 10.1. The number of imidazole rings is 1. The Kier molecular flexibility index (Phi) is 5.25. The van der Waals surface area contributed by atoms with Crippen LogP contribution < -0.4 is 15.7 Å². The van der Waals surface area contributed by atoms with Crippen LogP contribution >= 0.6 is 0 Å². The standard InChI is InChI=1S/C26H21N3O5/c1-15-19-12-20-21(13-22(19)34-25(32)23(15)24(30)31)29(14-16-6-4-3-5-7-16)26(28-20)27-17-8-10-18(33-2)11-9-17/h3-13H,14H2,1-2H3,(H,27,28)(H,30,31). The van der Waals surface area contributed by atoms with Crippen molar-refractivity contribution in [1.29, 1.82) is 0 Å². The van der Waals surface area contributed by atoms with Gasteiger partial charge in [0, 0.05) is 17.1 Å². The number of hydrogen-bond acceptors (Lipinski definition) is 6. The van der Waals surface area contributed by atoms with E-state index < -0.39 is 11.6 Å². The zero-order chi connectivity index (χ0) is 23.8. The minimum atomic E-state index is -1.32. The SMILES string of the molecule is COc1ccc(Nc2nc3cc4c(C)c(C(=O)O)c(=O)oc4cc3n2Cc2ccccc2)cc1. The van der Waals surface area contributed by atoms with Gasteiger partial charge in [0.15, 0.2) is 0 Å². The summed E-state index contributed by atoms with van der Waals surface area (Å²) in [7, 11) is 1.61. The molecule has 0 saturated carbocycles. The van der Waals surface area contributed by atoms with Crippen molar-refractivity contribution in [1.82, 2.24) is 9.55 Å². The van der Waals surface area contributed by atoms with Gasteiger partial charge in [-0.25, -0.2) is 14.6 Å². The highest BCUT2D eigenvalue weighted by Crippen LogP contribution is 2.30. The normalized spacial score (nSPS) is 11.1. The van der Waals surface area contributed by atoms with Crippen molar-refractivity contribution in [2.45, 2.75) is 13.5 Å². The molecule has 0 unspecified atom stereocenters. The predicted molar refractivity (Wildman–Crippen MR) is 129 cm³/mol. The molecule has 0 fully saturated rings. The second-order valence-corrected chi connectivity index (χ2v) is 7.89. The van der Waals surface area contributed by atoms with E-state index >= 15 is 0 Å². The Morgan fingerprint density at radius 2 is 1.85 bits per heavy atom. The summed E-state index contributed by atoms with van der Waals surface area (Å²) in [5.74, 6) is 0.0248. The first-order valence-electron chi connectivity index (χ1n) is 10.6. The highest BCUT2D eigenvalue weighted by atomic mass is 16.5. The van der Waals surface area contributed by atoms with Crippen molar-refractivity contribution in [3.63, 3.8) is 0 Å². The third-order valence-corrected chi connectivity index (χ3v) is 5.78. The maximum absolute atomic E-state index is 12.3. The molecule has 0 aliphatic carbocycles. The van der Waals surface area contributed by atoms with Gasteiger partial charge in [0.2, 0.25) is 5.95 Å². The van der Waals surface area contributed by atoms with Crippen molar-refractivity contribution in [3.05, 3.63) is 93.8 Å². The third kappa shape index (κ3) is 3.75. The Hall–Kier alpha value is -4.59. The molecule has 0 aliphatic rings. The lowest BCUT2D eigenvalue weighted by Gasteiger charge is -2.12. The van der Waals surface area contributed by atoms with Gasteiger partial charge in [-0.1, -0.05) is 30.3 Å². The van der Waals surface area contributed by atoms with E-state index in [0.717, 1.165) is 22.5 Å². The molecule has 2 aromatic heterocycles. The molecule has 0 amide bonds. The van der Waals surface area contributed by atoms with Gasteiger partial charge in [0.25, 0.3) is 0 Å². The fourth-order valence-electron chi connectivity index (χ4n) is 4.04. The number of nitrogens with one attached hydrogen (secondary N) is 1. The second kappa shape index (κ2) is 8.40. The maximum Gasteiger partial charge on any atom is 0.351 e. The van der Waals surface area contributed by atoms with Crippen molar-refractivity contribution >= 4 is 39.6 Å². The molecule has 0 spiro atoms. The van der Waals surface area contributed by atoms with Crippen LogP contribution in [0.5, 0.6) is 5.75 Å². The van der Waals surface area contributed by atoms with Gasteiger partial charge in [-0.2, -0.15) is 0 Å². The molecule has 0 radical (unpaired) electrons. The first-order chi connectivity index (χ1) is 16.4. The zero-order valence-electron chi connectivity index (χ0n) is 18.5. The first-order valence-corrected chi connectivity index (χ1v) is 10.6. The number of carboxylic acid groups (broad SMARTS) is 1. The molecule has 5 aromatic rings. The monoisotopic (exact) mass is 455 g/mol. The van der Waals surface area contributed by atoms with Crippen LogP contribution in [0, 0.1) is 6.92 Å². The summed E-state index contributed by atoms with van der Waals surface area (Å²) < 4.78 is 12.6. The van der Waals surface area contributed by atoms with E-state index in [4.69, 9.17) is 14.1 Å². The molecule has 2 N–H and O–H groups in total. The van der Waals surface area contributed by atoms with Crippen LogP contribution in [0.2, 0.25) is 0 Å². The van der Waals surface area contributed by atoms with Crippen molar-refractivity contribution in [2.75, 3.05) is 12.4 Å². The number of carbonyl (C=O) groups is 1. The van der Waals surface area contributed by atoms with Gasteiger partial charge < -0.3 is 24.1 Å². The number of aromatic carboxylic acids is 1. The summed E-state index contributed by atoms with van der Waals surface area (Å²) in [6, 6.07) is 20.9. The maximum atomic E-state index is 12.3. The Bertz CT molecular complexity index is 1590. The largest absolute Gasteiger partial charge is 0.497 e. The molecule has 34 heavy (non-hydrogen) atoms. The number of methoxy groups -OCH3 is 1. The lowest BCUT2D eigenvalue weighted by molar-refractivity contribution is 0.0691. The van der Waals surface area contributed by atoms with Gasteiger partial charge >= 0.3 is 11.6 Å². The molecule has 0 aliphatic heterocycles. The van der Waals surface area contributed by atoms with E-state index in [1.807, 2.05) is 59.2 Å². The minimum Gasteiger partial charge on any atom is -0.497 e. The summed E-state index contributed by atoms with van der Waals surface area (Å²) in [5.41, 5.74) is 2.71. The molecule has 8 heteroatoms. The van der Waals surface area contributed by atoms with Crippen LogP contribution in [0.1, 0.15) is 21.5 Å². The molecule has 0 atom stereocenters. The topological polar surface area (TPSA) is 107 Å². The van der Waals surface area contributed by atoms with Crippen LogP contribution in [0.15, 0.2) is 75.9 Å². The molecule has 8 nitrogen and oxygen atoms in total. The summed E-state index contributed by atoms with van der Waals surface area (Å²) in [6.07, 6.45) is 0. The van der Waals surface area contributed by atoms with Crippen LogP contribution in [0.25, 0.3) is 22.0 Å². The number of carboxylic acids is 1. The van der Waals surface area contributed by atoms with Gasteiger partial charge in [0.1, 0.15) is 16.9 Å². The number of fused-ring (bicyclic) bond motifs is 2. The van der Waals surface area contributed by atoms with Gasteiger partial charge in [-0.15, -0.1) is 0 Å². The Labute approximate surface area is 194 Å². The number of anilines is 2. The Morgan fingerprint density at radius 3 is 2.53 bits per heavy atom. The third-order valence-electron chi connectivity index (χ3n) is 5.78. The van der Waals surface area contributed by atoms with E-state index in [1.54, 1.807) is 26.2 Å². The fraction of sp³-hybridized carbons (Fsp3) is 0.115. The van der Waals surface area contributed by atoms with Crippen LogP contribution in [0.3, 0.4) is 0 Å². The smallest absolute Gasteiger partial charge is 0.351 e. The summed E-state index contributed by atoms with van der Waals surface area (Å²) >= 11 is 0. The number of aromatic nitrogens is 2. The van der Waals surface area contributed by atoms with Crippen molar-refractivity contribution in [2.24, 2.45) is 0 Å². The van der Waals surface area contributed by atoms with Crippen molar-refractivity contribution < 1.29 is 19.1 Å². The second-order valence-electron chi connectivity index (χ2n) is 7.89. The van der Waals surface area contributed by atoms with Gasteiger partial charge in [0.05, 0.1) is 24.7 Å². The van der Waals surface area contributed by atoms with Gasteiger partial charge in [-0.3, -0.25) is 0 Å². The van der Waals surface area contributed by atoms with E-state index in [1.165, 1.54) is 0 Å². The van der Waals surface area contributed by atoms with Crippen LogP contribution in [0.4, 0.5) is 11.6 Å². The average Bonchev–Trinajstić information content (AvgIpc) is 3.14. The van der Waals surface area contributed by atoms with E-state index in [-0.39, 0.29) is 5.56 Å². The number of hydrogen-bond donors (Lipinski definition) is 2. The Morgan fingerprint density at radius 1 is 1.12 bits per heavy atom.